The molecular formula is C16H18F3NO4. The second kappa shape index (κ2) is 6.80. The maximum atomic E-state index is 13.1. The topological polar surface area (TPSA) is 77.8 Å². The molecule has 2 rings (SSSR count). The average molecular weight is 345 g/mol. The molecule has 1 aliphatic rings. The van der Waals surface area contributed by atoms with Crippen LogP contribution >= 0.6 is 0 Å². The van der Waals surface area contributed by atoms with E-state index in [-0.39, 0.29) is 44.5 Å². The molecule has 1 heterocycles. The number of likely N-dealkylation sites (tertiary alicyclic amines) is 1. The highest BCUT2D eigenvalue weighted by Crippen LogP contribution is 2.39. The van der Waals surface area contributed by atoms with Gasteiger partial charge in [0.1, 0.15) is 0 Å². The largest absolute Gasteiger partial charge is 0.481 e. The fourth-order valence-electron chi connectivity index (χ4n) is 3.11. The van der Waals surface area contributed by atoms with Gasteiger partial charge in [-0.05, 0) is 44.0 Å². The van der Waals surface area contributed by atoms with E-state index in [4.69, 9.17) is 5.11 Å². The molecule has 0 unspecified atom stereocenters. The number of carboxylic acid groups (broad SMARTS) is 2. The summed E-state index contributed by atoms with van der Waals surface area (Å²) >= 11 is 0. The molecular weight excluding hydrogens is 327 g/mol. The van der Waals surface area contributed by atoms with Gasteiger partial charge in [0, 0.05) is 0 Å². The Bertz CT molecular complexity index is 622. The van der Waals surface area contributed by atoms with Crippen molar-refractivity contribution in [2.45, 2.75) is 25.4 Å². The number of halogens is 3. The number of benzene rings is 1. The highest BCUT2D eigenvalue weighted by molar-refractivity contribution is 5.75. The van der Waals surface area contributed by atoms with Gasteiger partial charge in [0.15, 0.2) is 0 Å². The van der Waals surface area contributed by atoms with Crippen molar-refractivity contribution in [2.75, 3.05) is 19.6 Å². The molecule has 0 amide bonds. The molecule has 0 spiro atoms. The minimum Gasteiger partial charge on any atom is -0.481 e. The van der Waals surface area contributed by atoms with Crippen LogP contribution in [0.3, 0.4) is 0 Å². The second-order valence-corrected chi connectivity index (χ2v) is 6.09. The molecule has 1 aromatic carbocycles. The van der Waals surface area contributed by atoms with Gasteiger partial charge in [0.05, 0.1) is 17.5 Å². The summed E-state index contributed by atoms with van der Waals surface area (Å²) in [6.45, 7) is 0.258. The lowest BCUT2D eigenvalue weighted by atomic mass is 9.73. The third-order valence-electron chi connectivity index (χ3n) is 4.48. The number of hydrogen-bond donors (Lipinski definition) is 2. The molecule has 0 bridgehead atoms. The lowest BCUT2D eigenvalue weighted by molar-refractivity contribution is -0.153. The number of alkyl halides is 3. The van der Waals surface area contributed by atoms with Crippen LogP contribution in [0.4, 0.5) is 13.2 Å². The Balaban J connectivity index is 2.23. The minimum absolute atomic E-state index is 0.0425. The van der Waals surface area contributed by atoms with Crippen molar-refractivity contribution in [2.24, 2.45) is 5.41 Å². The Hall–Kier alpha value is -2.09. The molecule has 1 saturated heterocycles. The molecule has 0 aromatic heterocycles. The fraction of sp³-hybridized carbons (Fsp3) is 0.500. The number of aliphatic carboxylic acids is 2. The summed E-state index contributed by atoms with van der Waals surface area (Å²) in [5.41, 5.74) is -2.17. The minimum atomic E-state index is -4.54. The van der Waals surface area contributed by atoms with E-state index in [1.54, 1.807) is 4.90 Å². The van der Waals surface area contributed by atoms with Crippen LogP contribution in [0.2, 0.25) is 0 Å². The molecule has 1 aliphatic heterocycles. The predicted molar refractivity (Wildman–Crippen MR) is 78.5 cm³/mol. The van der Waals surface area contributed by atoms with Crippen LogP contribution in [0.5, 0.6) is 0 Å². The number of rotatable bonds is 5. The zero-order valence-electron chi connectivity index (χ0n) is 12.8. The van der Waals surface area contributed by atoms with Crippen LogP contribution in [0, 0.1) is 5.41 Å². The maximum Gasteiger partial charge on any atom is 0.416 e. The summed E-state index contributed by atoms with van der Waals surface area (Å²) in [6, 6.07) is 4.98. The number of carboxylic acids is 2. The summed E-state index contributed by atoms with van der Waals surface area (Å²) in [5, 5.41) is 18.4. The fourth-order valence-corrected chi connectivity index (χ4v) is 3.11. The average Bonchev–Trinajstić information content (AvgIpc) is 2.48. The van der Waals surface area contributed by atoms with E-state index < -0.39 is 29.1 Å². The van der Waals surface area contributed by atoms with Crippen molar-refractivity contribution >= 4 is 11.9 Å². The Kier molecular flexibility index (Phi) is 5.17. The number of nitrogens with zero attached hydrogens (tertiary/aromatic N) is 1. The molecule has 0 aliphatic carbocycles. The van der Waals surface area contributed by atoms with Crippen LogP contribution in [0.1, 0.15) is 24.0 Å². The predicted octanol–water partition coefficient (Wildman–Crippen LogP) is 2.50. The van der Waals surface area contributed by atoms with E-state index >= 15 is 0 Å². The Morgan fingerprint density at radius 3 is 2.21 bits per heavy atom. The Morgan fingerprint density at radius 1 is 1.12 bits per heavy atom. The normalized spacial score (nSPS) is 18.3. The summed E-state index contributed by atoms with van der Waals surface area (Å²) < 4.78 is 39.3. The number of hydrogen-bond acceptors (Lipinski definition) is 3. The molecule has 1 aromatic rings. The lowest BCUT2D eigenvalue weighted by Gasteiger charge is -2.38. The smallest absolute Gasteiger partial charge is 0.416 e. The van der Waals surface area contributed by atoms with Crippen LogP contribution in [-0.2, 0) is 22.2 Å². The Morgan fingerprint density at radius 2 is 1.71 bits per heavy atom. The van der Waals surface area contributed by atoms with E-state index in [1.165, 1.54) is 18.2 Å². The van der Waals surface area contributed by atoms with Gasteiger partial charge in [-0.3, -0.25) is 14.5 Å². The molecule has 0 atom stereocenters. The van der Waals surface area contributed by atoms with Gasteiger partial charge in [-0.1, -0.05) is 18.2 Å². The molecule has 0 radical (unpaired) electrons. The van der Waals surface area contributed by atoms with Crippen molar-refractivity contribution in [1.29, 1.82) is 0 Å². The van der Waals surface area contributed by atoms with Crippen molar-refractivity contribution in [3.05, 3.63) is 35.4 Å². The first-order valence-electron chi connectivity index (χ1n) is 7.47. The van der Waals surface area contributed by atoms with Gasteiger partial charge in [-0.25, -0.2) is 0 Å². The van der Waals surface area contributed by atoms with Crippen molar-refractivity contribution in [3.63, 3.8) is 0 Å². The molecule has 1 fully saturated rings. The summed E-state index contributed by atoms with van der Waals surface area (Å²) in [7, 11) is 0. The lowest BCUT2D eigenvalue weighted by Crippen LogP contribution is -2.47. The standard InChI is InChI=1S/C16H18F3NO4/c17-16(18,19)12-4-2-1-3-11(12)9-15(14(23)24)5-7-20(8-6-15)10-13(21)22/h1-4H,5-10H2,(H,21,22)(H,23,24). The van der Waals surface area contributed by atoms with Crippen molar-refractivity contribution < 1.29 is 33.0 Å². The number of piperidine rings is 1. The van der Waals surface area contributed by atoms with E-state index in [0.29, 0.717) is 0 Å². The van der Waals surface area contributed by atoms with Crippen LogP contribution < -0.4 is 0 Å². The van der Waals surface area contributed by atoms with Crippen LogP contribution in [0.15, 0.2) is 24.3 Å². The first kappa shape index (κ1) is 18.3. The van der Waals surface area contributed by atoms with E-state index in [1.807, 2.05) is 0 Å². The highest BCUT2D eigenvalue weighted by Gasteiger charge is 2.44. The van der Waals surface area contributed by atoms with Gasteiger partial charge in [-0.15, -0.1) is 0 Å². The summed E-state index contributed by atoms with van der Waals surface area (Å²) in [6.07, 6.45) is -4.54. The van der Waals surface area contributed by atoms with Gasteiger partial charge >= 0.3 is 18.1 Å². The van der Waals surface area contributed by atoms with E-state index in [0.717, 1.165) is 6.07 Å². The zero-order chi connectivity index (χ0) is 18.0. The van der Waals surface area contributed by atoms with Crippen molar-refractivity contribution in [3.8, 4) is 0 Å². The van der Waals surface area contributed by atoms with E-state index in [9.17, 15) is 27.9 Å². The van der Waals surface area contributed by atoms with Gasteiger partial charge in [-0.2, -0.15) is 13.2 Å². The summed E-state index contributed by atoms with van der Waals surface area (Å²) in [4.78, 5) is 24.1. The molecule has 5 nitrogen and oxygen atoms in total. The van der Waals surface area contributed by atoms with Crippen LogP contribution in [-0.4, -0.2) is 46.7 Å². The molecule has 2 N–H and O–H groups in total. The van der Waals surface area contributed by atoms with E-state index in [2.05, 4.69) is 0 Å². The molecule has 0 saturated carbocycles. The molecule has 24 heavy (non-hydrogen) atoms. The van der Waals surface area contributed by atoms with Gasteiger partial charge in [0.2, 0.25) is 0 Å². The third kappa shape index (κ3) is 4.05. The first-order chi connectivity index (χ1) is 11.1. The van der Waals surface area contributed by atoms with Gasteiger partial charge < -0.3 is 10.2 Å². The third-order valence-corrected chi connectivity index (χ3v) is 4.48. The highest BCUT2D eigenvalue weighted by atomic mass is 19.4. The summed E-state index contributed by atoms with van der Waals surface area (Å²) in [5.74, 6) is -2.16. The molecule has 8 heteroatoms. The number of carbonyl (C=O) groups is 2. The van der Waals surface area contributed by atoms with Gasteiger partial charge in [0.25, 0.3) is 0 Å². The van der Waals surface area contributed by atoms with Crippen molar-refractivity contribution in [1.82, 2.24) is 4.90 Å². The zero-order valence-corrected chi connectivity index (χ0v) is 12.8. The quantitative estimate of drug-likeness (QED) is 0.857. The SMILES string of the molecule is O=C(O)CN1CCC(Cc2ccccc2C(F)(F)F)(C(=O)O)CC1. The first-order valence-corrected chi connectivity index (χ1v) is 7.47. The second-order valence-electron chi connectivity index (χ2n) is 6.09. The maximum absolute atomic E-state index is 13.1. The Labute approximate surface area is 136 Å². The molecule has 132 valence electrons. The van der Waals surface area contributed by atoms with Crippen LogP contribution in [0.25, 0.3) is 0 Å². The monoisotopic (exact) mass is 345 g/mol.